The molecule has 0 aliphatic carbocycles. The molecule has 0 aliphatic heterocycles. The summed E-state index contributed by atoms with van der Waals surface area (Å²) in [5.74, 6) is 0. The van der Waals surface area contributed by atoms with Gasteiger partial charge in [-0.25, -0.2) is 0 Å². The van der Waals surface area contributed by atoms with E-state index in [1.165, 1.54) is 22.3 Å². The highest BCUT2D eigenvalue weighted by Crippen LogP contribution is 2.22. The molecule has 0 saturated heterocycles. The van der Waals surface area contributed by atoms with Gasteiger partial charge in [-0.05, 0) is 56.5 Å². The van der Waals surface area contributed by atoms with Gasteiger partial charge < -0.3 is 5.32 Å². The Morgan fingerprint density at radius 1 is 1.00 bits per heavy atom. The standard InChI is InChI=1S/C19H24ClN/c1-4-9-21-19(13-16-5-7-18(20)8-6-16)17-11-14(2)10-15(3)12-17/h5-8,10-12,19,21H,4,9,13H2,1-3H3. The van der Waals surface area contributed by atoms with Crippen LogP contribution < -0.4 is 5.32 Å². The van der Waals surface area contributed by atoms with Crippen molar-refractivity contribution in [1.29, 1.82) is 0 Å². The van der Waals surface area contributed by atoms with Crippen LogP contribution in [-0.2, 0) is 6.42 Å². The molecular weight excluding hydrogens is 278 g/mol. The molecule has 1 atom stereocenters. The van der Waals surface area contributed by atoms with Crippen LogP contribution in [0.1, 0.15) is 41.6 Å². The molecule has 0 aromatic heterocycles. The Kier molecular flexibility index (Phi) is 5.84. The molecule has 0 amide bonds. The van der Waals surface area contributed by atoms with Crippen LogP contribution in [0, 0.1) is 13.8 Å². The second-order valence-electron chi connectivity index (χ2n) is 5.76. The van der Waals surface area contributed by atoms with Crippen molar-refractivity contribution in [2.45, 2.75) is 39.7 Å². The van der Waals surface area contributed by atoms with Crippen molar-refractivity contribution in [3.8, 4) is 0 Å². The first-order chi connectivity index (χ1) is 10.1. The van der Waals surface area contributed by atoms with Crippen LogP contribution in [0.3, 0.4) is 0 Å². The molecule has 0 aliphatic rings. The minimum absolute atomic E-state index is 0.352. The fraction of sp³-hybridized carbons (Fsp3) is 0.368. The molecule has 1 N–H and O–H groups in total. The number of hydrogen-bond donors (Lipinski definition) is 1. The summed E-state index contributed by atoms with van der Waals surface area (Å²) in [6.45, 7) is 7.56. The van der Waals surface area contributed by atoms with E-state index in [-0.39, 0.29) is 0 Å². The largest absolute Gasteiger partial charge is 0.310 e. The summed E-state index contributed by atoms with van der Waals surface area (Å²) in [6.07, 6.45) is 2.13. The lowest BCUT2D eigenvalue weighted by Crippen LogP contribution is -2.24. The Labute approximate surface area is 133 Å². The van der Waals surface area contributed by atoms with E-state index in [4.69, 9.17) is 11.6 Å². The van der Waals surface area contributed by atoms with Gasteiger partial charge in [0, 0.05) is 11.1 Å². The van der Waals surface area contributed by atoms with E-state index in [0.717, 1.165) is 24.4 Å². The maximum absolute atomic E-state index is 5.97. The summed E-state index contributed by atoms with van der Waals surface area (Å²) in [4.78, 5) is 0. The molecule has 2 rings (SSSR count). The summed E-state index contributed by atoms with van der Waals surface area (Å²) in [5, 5.41) is 4.46. The number of nitrogens with one attached hydrogen (secondary N) is 1. The number of hydrogen-bond acceptors (Lipinski definition) is 1. The first-order valence-electron chi connectivity index (χ1n) is 7.64. The highest BCUT2D eigenvalue weighted by atomic mass is 35.5. The molecule has 1 unspecified atom stereocenters. The van der Waals surface area contributed by atoms with Crippen LogP contribution in [-0.4, -0.2) is 6.54 Å². The van der Waals surface area contributed by atoms with Crippen LogP contribution in [0.15, 0.2) is 42.5 Å². The van der Waals surface area contributed by atoms with Crippen molar-refractivity contribution in [3.63, 3.8) is 0 Å². The Hall–Kier alpha value is -1.31. The van der Waals surface area contributed by atoms with Crippen LogP contribution >= 0.6 is 11.6 Å². The van der Waals surface area contributed by atoms with Crippen molar-refractivity contribution in [1.82, 2.24) is 5.32 Å². The van der Waals surface area contributed by atoms with E-state index in [0.29, 0.717) is 6.04 Å². The smallest absolute Gasteiger partial charge is 0.0406 e. The van der Waals surface area contributed by atoms with E-state index in [2.05, 4.69) is 56.4 Å². The molecule has 2 aromatic carbocycles. The Bertz CT molecular complexity index is 554. The van der Waals surface area contributed by atoms with Crippen molar-refractivity contribution in [2.75, 3.05) is 6.54 Å². The zero-order valence-electron chi connectivity index (χ0n) is 13.1. The fourth-order valence-electron chi connectivity index (χ4n) is 2.69. The molecule has 2 aromatic rings. The van der Waals surface area contributed by atoms with Gasteiger partial charge in [0.05, 0.1) is 0 Å². The predicted molar refractivity (Wildman–Crippen MR) is 92.1 cm³/mol. The van der Waals surface area contributed by atoms with Gasteiger partial charge in [0.2, 0.25) is 0 Å². The third-order valence-electron chi connectivity index (χ3n) is 3.64. The minimum Gasteiger partial charge on any atom is -0.310 e. The van der Waals surface area contributed by atoms with Crippen molar-refractivity contribution in [2.24, 2.45) is 0 Å². The fourth-order valence-corrected chi connectivity index (χ4v) is 2.82. The van der Waals surface area contributed by atoms with Crippen molar-refractivity contribution < 1.29 is 0 Å². The lowest BCUT2D eigenvalue weighted by Gasteiger charge is -2.20. The third-order valence-corrected chi connectivity index (χ3v) is 3.89. The Morgan fingerprint density at radius 3 is 2.19 bits per heavy atom. The molecule has 1 nitrogen and oxygen atoms in total. The molecule has 21 heavy (non-hydrogen) atoms. The SMILES string of the molecule is CCCNC(Cc1ccc(Cl)cc1)c1cc(C)cc(C)c1. The van der Waals surface area contributed by atoms with Gasteiger partial charge in [0.1, 0.15) is 0 Å². The Morgan fingerprint density at radius 2 is 1.62 bits per heavy atom. The van der Waals surface area contributed by atoms with Crippen molar-refractivity contribution in [3.05, 3.63) is 69.7 Å². The van der Waals surface area contributed by atoms with E-state index in [9.17, 15) is 0 Å². The number of aryl methyl sites for hydroxylation is 2. The summed E-state index contributed by atoms with van der Waals surface area (Å²) >= 11 is 5.97. The zero-order chi connectivity index (χ0) is 15.2. The molecular formula is C19H24ClN. The topological polar surface area (TPSA) is 12.0 Å². The molecule has 0 bridgehead atoms. The number of halogens is 1. The summed E-state index contributed by atoms with van der Waals surface area (Å²) in [5.41, 5.74) is 5.33. The van der Waals surface area contributed by atoms with Gasteiger partial charge in [0.25, 0.3) is 0 Å². The normalized spacial score (nSPS) is 12.4. The van der Waals surface area contributed by atoms with Gasteiger partial charge >= 0.3 is 0 Å². The molecule has 0 fully saturated rings. The third kappa shape index (κ3) is 4.87. The highest BCUT2D eigenvalue weighted by molar-refractivity contribution is 6.30. The van der Waals surface area contributed by atoms with Gasteiger partial charge in [-0.2, -0.15) is 0 Å². The predicted octanol–water partition coefficient (Wildman–Crippen LogP) is 5.24. The number of rotatable bonds is 6. The molecule has 0 heterocycles. The molecule has 0 radical (unpaired) electrons. The summed E-state index contributed by atoms with van der Waals surface area (Å²) in [6, 6.07) is 15.3. The van der Waals surface area contributed by atoms with Crippen LogP contribution in [0.4, 0.5) is 0 Å². The average Bonchev–Trinajstić information content (AvgIpc) is 2.44. The first-order valence-corrected chi connectivity index (χ1v) is 8.02. The van der Waals surface area contributed by atoms with Gasteiger partial charge in [0.15, 0.2) is 0 Å². The van der Waals surface area contributed by atoms with Gasteiger partial charge in [-0.3, -0.25) is 0 Å². The summed E-state index contributed by atoms with van der Waals surface area (Å²) in [7, 11) is 0. The van der Waals surface area contributed by atoms with Gasteiger partial charge in [-0.15, -0.1) is 0 Å². The zero-order valence-corrected chi connectivity index (χ0v) is 13.9. The first kappa shape index (κ1) is 16.1. The van der Waals surface area contributed by atoms with E-state index in [1.54, 1.807) is 0 Å². The molecule has 112 valence electrons. The van der Waals surface area contributed by atoms with Crippen LogP contribution in [0.25, 0.3) is 0 Å². The maximum Gasteiger partial charge on any atom is 0.0406 e. The lowest BCUT2D eigenvalue weighted by molar-refractivity contribution is 0.529. The Balaban J connectivity index is 2.22. The monoisotopic (exact) mass is 301 g/mol. The van der Waals surface area contributed by atoms with E-state index >= 15 is 0 Å². The summed E-state index contributed by atoms with van der Waals surface area (Å²) < 4.78 is 0. The van der Waals surface area contributed by atoms with Crippen molar-refractivity contribution >= 4 is 11.6 Å². The minimum atomic E-state index is 0.352. The second-order valence-corrected chi connectivity index (χ2v) is 6.19. The lowest BCUT2D eigenvalue weighted by atomic mass is 9.96. The van der Waals surface area contributed by atoms with Crippen LogP contribution in [0.5, 0.6) is 0 Å². The average molecular weight is 302 g/mol. The maximum atomic E-state index is 5.97. The van der Waals surface area contributed by atoms with Gasteiger partial charge in [-0.1, -0.05) is 60.0 Å². The molecule has 2 heteroatoms. The quantitative estimate of drug-likeness (QED) is 0.769. The van der Waals surface area contributed by atoms with Crippen LogP contribution in [0.2, 0.25) is 5.02 Å². The number of benzene rings is 2. The molecule has 0 spiro atoms. The van der Waals surface area contributed by atoms with E-state index < -0.39 is 0 Å². The molecule has 0 saturated carbocycles. The second kappa shape index (κ2) is 7.63. The highest BCUT2D eigenvalue weighted by Gasteiger charge is 2.12. The van der Waals surface area contributed by atoms with E-state index in [1.807, 2.05) is 12.1 Å².